The van der Waals surface area contributed by atoms with E-state index in [0.29, 0.717) is 22.4 Å². The molecule has 0 amide bonds. The first-order chi connectivity index (χ1) is 15.6. The van der Waals surface area contributed by atoms with Crippen molar-refractivity contribution < 1.29 is 9.60 Å². The zero-order chi connectivity index (χ0) is 22.1. The molecule has 1 aliphatic heterocycles. The maximum Gasteiger partial charge on any atom is 0.178 e. The molecular weight excluding hydrogens is 431 g/mol. The van der Waals surface area contributed by atoms with E-state index < -0.39 is 5.82 Å². The summed E-state index contributed by atoms with van der Waals surface area (Å²) in [4.78, 5) is 19.3. The number of aromatic nitrogens is 3. The third kappa shape index (κ3) is 4.48. The first kappa shape index (κ1) is 21.3. The topological polar surface area (TPSA) is 89.4 Å². The highest BCUT2D eigenvalue weighted by atomic mass is 35.5. The number of rotatable bonds is 5. The van der Waals surface area contributed by atoms with Crippen molar-refractivity contribution in [3.05, 3.63) is 52.7 Å². The maximum atomic E-state index is 13.5. The fourth-order valence-electron chi connectivity index (χ4n) is 5.09. The number of pyridine rings is 1. The highest BCUT2D eigenvalue weighted by molar-refractivity contribution is 6.31. The van der Waals surface area contributed by atoms with Crippen molar-refractivity contribution in [3.63, 3.8) is 0 Å². The number of hydroxylamine groups is 1. The van der Waals surface area contributed by atoms with Gasteiger partial charge in [0.2, 0.25) is 0 Å². The Morgan fingerprint density at radius 3 is 2.84 bits per heavy atom. The van der Waals surface area contributed by atoms with E-state index in [1.165, 1.54) is 57.0 Å². The molecule has 1 aliphatic carbocycles. The number of nitrogens with one attached hydrogen (secondary N) is 2. The Kier molecular flexibility index (Phi) is 6.08. The van der Waals surface area contributed by atoms with E-state index in [2.05, 4.69) is 30.3 Å². The number of aliphatic imine (C=N–C) groups is 1. The van der Waals surface area contributed by atoms with Gasteiger partial charge in [-0.15, -0.1) is 0 Å². The summed E-state index contributed by atoms with van der Waals surface area (Å²) in [7, 11) is 0. The number of piperidine rings is 1. The van der Waals surface area contributed by atoms with Crippen molar-refractivity contribution in [3.8, 4) is 0 Å². The molecule has 1 aromatic carbocycles. The Morgan fingerprint density at radius 2 is 2.09 bits per heavy atom. The molecule has 0 radical (unpaired) electrons. The smallest absolute Gasteiger partial charge is 0.178 e. The average Bonchev–Trinajstić information content (AvgIpc) is 3.21. The molecule has 168 valence electrons. The molecule has 32 heavy (non-hydrogen) atoms. The summed E-state index contributed by atoms with van der Waals surface area (Å²) >= 11 is 5.86. The lowest BCUT2D eigenvalue weighted by molar-refractivity contribution is 0.0869. The van der Waals surface area contributed by atoms with Crippen molar-refractivity contribution in [2.24, 2.45) is 16.8 Å². The number of likely N-dealkylation sites (tertiary alicyclic amines) is 1. The Balaban J connectivity index is 1.36. The average molecular weight is 457 g/mol. The van der Waals surface area contributed by atoms with Gasteiger partial charge in [0.25, 0.3) is 0 Å². The fourth-order valence-corrected chi connectivity index (χ4v) is 5.26. The number of benzene rings is 1. The van der Waals surface area contributed by atoms with Crippen molar-refractivity contribution in [1.29, 1.82) is 0 Å². The van der Waals surface area contributed by atoms with Crippen LogP contribution >= 0.6 is 11.6 Å². The van der Waals surface area contributed by atoms with E-state index in [1.54, 1.807) is 12.3 Å². The van der Waals surface area contributed by atoms with Gasteiger partial charge in [-0.3, -0.25) is 10.7 Å². The Bertz CT molecular complexity index is 1140. The molecule has 1 saturated heterocycles. The number of aromatic amines is 1. The lowest BCUT2D eigenvalue weighted by Gasteiger charge is -2.41. The van der Waals surface area contributed by atoms with Gasteiger partial charge in [0.15, 0.2) is 11.5 Å². The molecule has 2 atom stereocenters. The summed E-state index contributed by atoms with van der Waals surface area (Å²) in [5, 5.41) is 9.70. The lowest BCUT2D eigenvalue weighted by atomic mass is 9.78. The predicted molar refractivity (Wildman–Crippen MR) is 122 cm³/mol. The molecule has 2 aromatic heterocycles. The van der Waals surface area contributed by atoms with Crippen molar-refractivity contribution in [1.82, 2.24) is 25.3 Å². The van der Waals surface area contributed by atoms with Gasteiger partial charge in [-0.25, -0.2) is 19.4 Å². The van der Waals surface area contributed by atoms with Crippen LogP contribution in [0.5, 0.6) is 0 Å². The van der Waals surface area contributed by atoms with Gasteiger partial charge in [-0.2, -0.15) is 0 Å². The second kappa shape index (κ2) is 9.13. The Morgan fingerprint density at radius 1 is 1.28 bits per heavy atom. The first-order valence-electron chi connectivity index (χ1n) is 11.1. The molecule has 2 fully saturated rings. The molecule has 3 N–H and O–H groups in total. The molecule has 5 rings (SSSR count). The molecule has 2 unspecified atom stereocenters. The second-order valence-corrected chi connectivity index (χ2v) is 9.23. The largest absolute Gasteiger partial charge is 0.340 e. The fraction of sp³-hybridized carbons (Fsp3) is 0.435. The number of fused-ring (bicyclic) bond motifs is 3. The minimum absolute atomic E-state index is 0.0332. The molecule has 2 bridgehead atoms. The predicted octanol–water partition coefficient (Wildman–Crippen LogP) is 4.47. The van der Waals surface area contributed by atoms with E-state index in [0.717, 1.165) is 30.6 Å². The molecule has 0 spiro atoms. The number of imidazole rings is 1. The summed E-state index contributed by atoms with van der Waals surface area (Å²) in [6.07, 6.45) is 7.93. The van der Waals surface area contributed by atoms with E-state index in [1.807, 2.05) is 0 Å². The Hall–Kier alpha value is -2.55. The highest BCUT2D eigenvalue weighted by Crippen LogP contribution is 2.34. The quantitative estimate of drug-likeness (QED) is 0.299. The lowest BCUT2D eigenvalue weighted by Crippen LogP contribution is -2.43. The second-order valence-electron chi connectivity index (χ2n) is 8.82. The van der Waals surface area contributed by atoms with E-state index in [-0.39, 0.29) is 10.9 Å². The minimum Gasteiger partial charge on any atom is -0.340 e. The summed E-state index contributed by atoms with van der Waals surface area (Å²) in [5.74, 6) is 2.23. The van der Waals surface area contributed by atoms with Crippen molar-refractivity contribution >= 4 is 34.3 Å². The van der Waals surface area contributed by atoms with Crippen LogP contribution < -0.4 is 5.48 Å². The zero-order valence-corrected chi connectivity index (χ0v) is 18.4. The molecule has 1 saturated carbocycles. The van der Waals surface area contributed by atoms with Gasteiger partial charge in [0.1, 0.15) is 11.6 Å². The number of amidine groups is 1. The van der Waals surface area contributed by atoms with Gasteiger partial charge in [-0.1, -0.05) is 18.0 Å². The van der Waals surface area contributed by atoms with Crippen LogP contribution in [0.25, 0.3) is 11.2 Å². The zero-order valence-electron chi connectivity index (χ0n) is 17.7. The molecule has 7 nitrogen and oxygen atoms in total. The highest BCUT2D eigenvalue weighted by Gasteiger charge is 2.30. The number of nitrogens with zero attached hydrogens (tertiary/aromatic N) is 4. The summed E-state index contributed by atoms with van der Waals surface area (Å²) in [6, 6.07) is 5.87. The number of hydrogen-bond donors (Lipinski definition) is 3. The van der Waals surface area contributed by atoms with Gasteiger partial charge >= 0.3 is 0 Å². The van der Waals surface area contributed by atoms with Crippen molar-refractivity contribution in [2.45, 2.75) is 32.1 Å². The van der Waals surface area contributed by atoms with Crippen LogP contribution in [0.2, 0.25) is 5.02 Å². The third-order valence-corrected chi connectivity index (χ3v) is 6.82. The normalized spacial score (nSPS) is 21.8. The number of H-pyrrole nitrogens is 1. The standard InChI is InChI=1S/C23H26ClFN6O/c24-18-11-16(4-5-19(18)25)27-22(30-32)17-6-8-26-23-21(17)28-20(29-23)7-9-31-12-14-2-1-3-15(10-14)13-31/h4-6,8,11,14-15,32H,1-3,7,9-10,12-13H2,(H,27,30)(H,26,28,29). The van der Waals surface area contributed by atoms with Crippen LogP contribution in [0.3, 0.4) is 0 Å². The van der Waals surface area contributed by atoms with Gasteiger partial charge < -0.3 is 9.88 Å². The van der Waals surface area contributed by atoms with Gasteiger partial charge in [-0.05, 0) is 55.4 Å². The molecule has 3 heterocycles. The number of hydrogen-bond acceptors (Lipinski definition) is 5. The van der Waals surface area contributed by atoms with Crippen LogP contribution in [-0.4, -0.2) is 50.5 Å². The first-order valence-corrected chi connectivity index (χ1v) is 11.5. The van der Waals surface area contributed by atoms with E-state index in [9.17, 15) is 9.60 Å². The SMILES string of the molecule is ONC(=Nc1ccc(F)c(Cl)c1)c1ccnc2nc(CCN3CC4CCCC(C4)C3)[nH]c12. The van der Waals surface area contributed by atoms with Crippen LogP contribution in [0, 0.1) is 17.7 Å². The van der Waals surface area contributed by atoms with Crippen LogP contribution in [0.15, 0.2) is 35.5 Å². The Labute approximate surface area is 190 Å². The summed E-state index contributed by atoms with van der Waals surface area (Å²) in [6.45, 7) is 3.34. The van der Waals surface area contributed by atoms with Crippen LogP contribution in [0.4, 0.5) is 10.1 Å². The van der Waals surface area contributed by atoms with E-state index in [4.69, 9.17) is 11.6 Å². The third-order valence-electron chi connectivity index (χ3n) is 6.54. The molecule has 3 aromatic rings. The van der Waals surface area contributed by atoms with E-state index >= 15 is 0 Å². The monoisotopic (exact) mass is 456 g/mol. The number of halogens is 2. The minimum atomic E-state index is -0.522. The molecule has 2 aliphatic rings. The summed E-state index contributed by atoms with van der Waals surface area (Å²) in [5.41, 5.74) is 4.41. The van der Waals surface area contributed by atoms with Crippen LogP contribution in [-0.2, 0) is 6.42 Å². The van der Waals surface area contributed by atoms with Crippen LogP contribution in [0.1, 0.15) is 37.1 Å². The maximum absolute atomic E-state index is 13.5. The van der Waals surface area contributed by atoms with Crippen molar-refractivity contribution in [2.75, 3.05) is 19.6 Å². The van der Waals surface area contributed by atoms with Gasteiger partial charge in [0, 0.05) is 37.8 Å². The summed E-state index contributed by atoms with van der Waals surface area (Å²) < 4.78 is 13.5. The molecule has 9 heteroatoms. The van der Waals surface area contributed by atoms with Gasteiger partial charge in [0.05, 0.1) is 16.2 Å². The molecular formula is C23H26ClFN6O.